The van der Waals surface area contributed by atoms with Crippen LogP contribution in [0.4, 0.5) is 5.69 Å². The van der Waals surface area contributed by atoms with Crippen LogP contribution in [0.2, 0.25) is 0 Å². The topological polar surface area (TPSA) is 30.5 Å². The summed E-state index contributed by atoms with van der Waals surface area (Å²) in [6.07, 6.45) is 7.84. The van der Waals surface area contributed by atoms with Gasteiger partial charge >= 0.3 is 0 Å². The number of nitrogens with one attached hydrogen (secondary N) is 1. The first-order chi connectivity index (χ1) is 12.1. The smallest absolute Gasteiger partial charge is 0.166 e. The third-order valence-electron chi connectivity index (χ3n) is 4.08. The van der Waals surface area contributed by atoms with Gasteiger partial charge in [-0.3, -0.25) is 0 Å². The Kier molecular flexibility index (Phi) is 6.54. The molecule has 0 saturated carbocycles. The van der Waals surface area contributed by atoms with Gasteiger partial charge in [-0.15, -0.1) is 13.0 Å². The molecule has 0 spiro atoms. The summed E-state index contributed by atoms with van der Waals surface area (Å²) in [4.78, 5) is 0. The van der Waals surface area contributed by atoms with Crippen molar-refractivity contribution in [2.24, 2.45) is 0 Å². The van der Waals surface area contributed by atoms with Crippen molar-refractivity contribution in [1.82, 2.24) is 0 Å². The Hall–Kier alpha value is -2.86. The van der Waals surface area contributed by atoms with Crippen LogP contribution < -0.4 is 14.8 Å². The Morgan fingerprint density at radius 3 is 2.64 bits per heavy atom. The van der Waals surface area contributed by atoms with Gasteiger partial charge in [-0.25, -0.2) is 0 Å². The van der Waals surface area contributed by atoms with E-state index in [2.05, 4.69) is 55.9 Å². The summed E-state index contributed by atoms with van der Waals surface area (Å²) in [5.74, 6) is 3.87. The molecule has 25 heavy (non-hydrogen) atoms. The molecule has 2 rings (SSSR count). The molecule has 0 atom stereocenters. The number of benzene rings is 2. The maximum absolute atomic E-state index is 5.68. The van der Waals surface area contributed by atoms with E-state index in [-0.39, 0.29) is 6.61 Å². The van der Waals surface area contributed by atoms with Crippen LogP contribution in [-0.2, 0) is 13.0 Å². The third-order valence-corrected chi connectivity index (χ3v) is 4.08. The van der Waals surface area contributed by atoms with Gasteiger partial charge in [-0.05, 0) is 61.2 Å². The van der Waals surface area contributed by atoms with E-state index in [9.17, 15) is 0 Å². The molecule has 130 valence electrons. The average Bonchev–Trinajstić information content (AvgIpc) is 2.61. The van der Waals surface area contributed by atoms with Crippen LogP contribution in [0.1, 0.15) is 22.3 Å². The number of methoxy groups -OCH3 is 1. The Balaban J connectivity index is 2.24. The molecule has 0 aromatic heterocycles. The van der Waals surface area contributed by atoms with Crippen LogP contribution in [0.25, 0.3) is 0 Å². The number of anilines is 1. The Labute approximate surface area is 150 Å². The van der Waals surface area contributed by atoms with Crippen molar-refractivity contribution < 1.29 is 9.47 Å². The van der Waals surface area contributed by atoms with Gasteiger partial charge in [0.15, 0.2) is 11.5 Å². The lowest BCUT2D eigenvalue weighted by atomic mass is 10.0. The molecule has 0 aliphatic rings. The van der Waals surface area contributed by atoms with E-state index >= 15 is 0 Å². The van der Waals surface area contributed by atoms with Crippen molar-refractivity contribution in [1.29, 1.82) is 0 Å². The number of rotatable bonds is 8. The zero-order valence-corrected chi connectivity index (χ0v) is 15.2. The number of terminal acetylenes is 1. The molecule has 0 unspecified atom stereocenters. The minimum Gasteiger partial charge on any atom is -0.493 e. The third kappa shape index (κ3) is 4.81. The van der Waals surface area contributed by atoms with Gasteiger partial charge in [-0.1, -0.05) is 18.1 Å². The molecular weight excluding hydrogens is 310 g/mol. The van der Waals surface area contributed by atoms with E-state index < -0.39 is 0 Å². The SMILES string of the molecule is C#CCOc1c(CC=C)cc(CNc2ccc(C)c(C)c2)cc1OC. The van der Waals surface area contributed by atoms with E-state index in [1.54, 1.807) is 7.11 Å². The van der Waals surface area contributed by atoms with Gasteiger partial charge < -0.3 is 14.8 Å². The van der Waals surface area contributed by atoms with Crippen LogP contribution in [-0.4, -0.2) is 13.7 Å². The molecule has 3 nitrogen and oxygen atoms in total. The largest absolute Gasteiger partial charge is 0.493 e. The van der Waals surface area contributed by atoms with Gasteiger partial charge in [0.1, 0.15) is 6.61 Å². The van der Waals surface area contributed by atoms with Crippen LogP contribution in [0.3, 0.4) is 0 Å². The lowest BCUT2D eigenvalue weighted by Gasteiger charge is -2.16. The quantitative estimate of drug-likeness (QED) is 0.562. The zero-order chi connectivity index (χ0) is 18.2. The molecule has 0 fully saturated rings. The summed E-state index contributed by atoms with van der Waals surface area (Å²) >= 11 is 0. The summed E-state index contributed by atoms with van der Waals surface area (Å²) < 4.78 is 11.2. The highest BCUT2D eigenvalue weighted by molar-refractivity contribution is 5.53. The summed E-state index contributed by atoms with van der Waals surface area (Å²) in [7, 11) is 1.64. The standard InChI is InChI=1S/C22H25NO2/c1-6-8-19-13-18(14-21(24-5)22(19)25-11-7-2)15-23-20-10-9-16(3)17(4)12-20/h2,6,9-10,12-14,23H,1,8,11,15H2,3-5H3. The van der Waals surface area contributed by atoms with E-state index in [0.29, 0.717) is 24.5 Å². The molecule has 1 N–H and O–H groups in total. The van der Waals surface area contributed by atoms with Crippen LogP contribution >= 0.6 is 0 Å². The molecule has 0 radical (unpaired) electrons. The normalized spacial score (nSPS) is 10.0. The highest BCUT2D eigenvalue weighted by Crippen LogP contribution is 2.34. The number of hydrogen-bond donors (Lipinski definition) is 1. The van der Waals surface area contributed by atoms with E-state index in [0.717, 1.165) is 16.8 Å². The second kappa shape index (κ2) is 8.84. The molecule has 0 heterocycles. The number of ether oxygens (including phenoxy) is 2. The van der Waals surface area contributed by atoms with Gasteiger partial charge in [0, 0.05) is 17.8 Å². The fourth-order valence-corrected chi connectivity index (χ4v) is 2.62. The Bertz CT molecular complexity index is 787. The molecule has 0 bridgehead atoms. The highest BCUT2D eigenvalue weighted by Gasteiger charge is 2.12. The molecule has 0 aliphatic carbocycles. The van der Waals surface area contributed by atoms with Crippen LogP contribution in [0.5, 0.6) is 11.5 Å². The Morgan fingerprint density at radius 1 is 1.20 bits per heavy atom. The van der Waals surface area contributed by atoms with Gasteiger partial charge in [0.05, 0.1) is 7.11 Å². The summed E-state index contributed by atoms with van der Waals surface area (Å²) in [6, 6.07) is 10.4. The summed E-state index contributed by atoms with van der Waals surface area (Å²) in [6.45, 7) is 8.95. The maximum atomic E-state index is 5.68. The van der Waals surface area contributed by atoms with E-state index in [1.165, 1.54) is 11.1 Å². The molecule has 0 saturated heterocycles. The monoisotopic (exact) mass is 335 g/mol. The van der Waals surface area contributed by atoms with Crippen molar-refractivity contribution >= 4 is 5.69 Å². The van der Waals surface area contributed by atoms with Crippen LogP contribution in [0.15, 0.2) is 43.0 Å². The van der Waals surface area contributed by atoms with Gasteiger partial charge in [0.2, 0.25) is 0 Å². The molecule has 2 aromatic carbocycles. The fourth-order valence-electron chi connectivity index (χ4n) is 2.62. The second-order valence-corrected chi connectivity index (χ2v) is 5.92. The number of allylic oxidation sites excluding steroid dienone is 1. The molecule has 0 aliphatic heterocycles. The lowest BCUT2D eigenvalue weighted by molar-refractivity contribution is 0.328. The van der Waals surface area contributed by atoms with Gasteiger partial charge in [-0.2, -0.15) is 0 Å². The minimum atomic E-state index is 0.209. The molecule has 0 amide bonds. The molecule has 2 aromatic rings. The van der Waals surface area contributed by atoms with Crippen molar-refractivity contribution in [3.8, 4) is 23.8 Å². The first-order valence-corrected chi connectivity index (χ1v) is 8.27. The maximum Gasteiger partial charge on any atom is 0.166 e. The molecule has 3 heteroatoms. The van der Waals surface area contributed by atoms with Crippen molar-refractivity contribution in [2.75, 3.05) is 19.0 Å². The molecular formula is C22H25NO2. The average molecular weight is 335 g/mol. The predicted octanol–water partition coefficient (Wildman–Crippen LogP) is 4.66. The van der Waals surface area contributed by atoms with Crippen molar-refractivity contribution in [2.45, 2.75) is 26.8 Å². The highest BCUT2D eigenvalue weighted by atomic mass is 16.5. The van der Waals surface area contributed by atoms with Crippen molar-refractivity contribution in [3.05, 3.63) is 65.2 Å². The van der Waals surface area contributed by atoms with E-state index in [4.69, 9.17) is 15.9 Å². The first kappa shape index (κ1) is 18.5. The van der Waals surface area contributed by atoms with E-state index in [1.807, 2.05) is 12.1 Å². The first-order valence-electron chi connectivity index (χ1n) is 8.27. The summed E-state index contributed by atoms with van der Waals surface area (Å²) in [5, 5.41) is 3.46. The Morgan fingerprint density at radius 2 is 2.00 bits per heavy atom. The number of aryl methyl sites for hydroxylation is 2. The van der Waals surface area contributed by atoms with Gasteiger partial charge in [0.25, 0.3) is 0 Å². The fraction of sp³-hybridized carbons (Fsp3) is 0.273. The van der Waals surface area contributed by atoms with Crippen LogP contribution in [0, 0.1) is 26.2 Å². The minimum absolute atomic E-state index is 0.209. The summed E-state index contributed by atoms with van der Waals surface area (Å²) in [5.41, 5.74) is 5.78. The second-order valence-electron chi connectivity index (χ2n) is 5.92. The lowest BCUT2D eigenvalue weighted by Crippen LogP contribution is -2.05. The number of hydrogen-bond acceptors (Lipinski definition) is 3. The van der Waals surface area contributed by atoms with Crippen molar-refractivity contribution in [3.63, 3.8) is 0 Å². The predicted molar refractivity (Wildman–Crippen MR) is 104 cm³/mol. The zero-order valence-electron chi connectivity index (χ0n) is 15.2.